The van der Waals surface area contributed by atoms with E-state index < -0.39 is 0 Å². The molecule has 0 saturated heterocycles. The highest BCUT2D eigenvalue weighted by molar-refractivity contribution is 5.78. The lowest BCUT2D eigenvalue weighted by atomic mass is 9.85. The number of aliphatic hydroxyl groups excluding tert-OH is 1. The minimum atomic E-state index is -0.377. The molecule has 6 nitrogen and oxygen atoms in total. The fourth-order valence-electron chi connectivity index (χ4n) is 4.68. The molecule has 0 aromatic carbocycles. The predicted molar refractivity (Wildman–Crippen MR) is 149 cm³/mol. The number of amides is 1. The average molecular weight is 496 g/mol. The Labute approximate surface area is 216 Å². The van der Waals surface area contributed by atoms with Crippen LogP contribution in [0, 0.1) is 17.8 Å². The molecule has 3 unspecified atom stereocenters. The monoisotopic (exact) mass is 495 g/mol. The van der Waals surface area contributed by atoms with Crippen molar-refractivity contribution >= 4 is 5.91 Å². The Balaban J connectivity index is 4.51. The fourth-order valence-corrected chi connectivity index (χ4v) is 4.68. The molecule has 0 aliphatic carbocycles. The van der Waals surface area contributed by atoms with Crippen LogP contribution in [-0.2, 0) is 9.53 Å². The van der Waals surface area contributed by atoms with Gasteiger partial charge in [0.25, 0.3) is 0 Å². The van der Waals surface area contributed by atoms with Crippen LogP contribution in [0.4, 0.5) is 0 Å². The Kier molecular flexibility index (Phi) is 15.7. The van der Waals surface area contributed by atoms with Crippen LogP contribution in [0.2, 0.25) is 0 Å². The number of aliphatic hydroxyl groups is 1. The molecule has 0 saturated carbocycles. The van der Waals surface area contributed by atoms with Crippen molar-refractivity contribution in [1.82, 2.24) is 10.7 Å². The number of carbonyl (C=O) groups excluding carboxylic acids is 1. The Hall–Kier alpha value is -1.37. The van der Waals surface area contributed by atoms with Crippen molar-refractivity contribution in [2.75, 3.05) is 13.2 Å². The van der Waals surface area contributed by atoms with E-state index in [0.717, 1.165) is 18.4 Å². The number of hydrogen-bond acceptors (Lipinski definition) is 5. The Bertz CT molecular complexity index is 670. The number of nitrogens with one attached hydrogen (secondary N) is 2. The second-order valence-electron chi connectivity index (χ2n) is 12.1. The molecule has 0 fully saturated rings. The lowest BCUT2D eigenvalue weighted by Crippen LogP contribution is -2.48. The highest BCUT2D eigenvalue weighted by Crippen LogP contribution is 2.28. The fraction of sp³-hybridized carbons (Fsp3) is 0.828. The summed E-state index contributed by atoms with van der Waals surface area (Å²) in [6, 6.07) is 0. The summed E-state index contributed by atoms with van der Waals surface area (Å²) in [5, 5.41) is 13.6. The third-order valence-electron chi connectivity index (χ3n) is 7.07. The van der Waals surface area contributed by atoms with Gasteiger partial charge in [0, 0.05) is 18.6 Å². The molecule has 206 valence electrons. The quantitative estimate of drug-likeness (QED) is 0.0702. The molecule has 35 heavy (non-hydrogen) atoms. The molecule has 0 aliphatic rings. The van der Waals surface area contributed by atoms with Gasteiger partial charge in [0.1, 0.15) is 0 Å². The molecule has 0 heterocycles. The minimum Gasteiger partial charge on any atom is -0.512 e. The van der Waals surface area contributed by atoms with Crippen LogP contribution in [0.3, 0.4) is 0 Å². The topological polar surface area (TPSA) is 96.6 Å². The van der Waals surface area contributed by atoms with Crippen molar-refractivity contribution in [3.05, 3.63) is 23.5 Å². The molecule has 6 heteroatoms. The molecule has 0 aromatic heterocycles. The zero-order valence-electron chi connectivity index (χ0n) is 24.4. The zero-order valence-corrected chi connectivity index (χ0v) is 24.4. The van der Waals surface area contributed by atoms with E-state index in [9.17, 15) is 9.90 Å². The summed E-state index contributed by atoms with van der Waals surface area (Å²) in [5.74, 6) is 7.44. The summed E-state index contributed by atoms with van der Waals surface area (Å²) in [6.07, 6.45) is 7.79. The van der Waals surface area contributed by atoms with Gasteiger partial charge in [-0.2, -0.15) is 0 Å². The number of rotatable bonds is 19. The largest absolute Gasteiger partial charge is 0.512 e. The lowest BCUT2D eigenvalue weighted by molar-refractivity contribution is -0.122. The molecule has 0 aliphatic heterocycles. The molecule has 5 N–H and O–H groups in total. The number of carbonyl (C=O) groups is 1. The van der Waals surface area contributed by atoms with Gasteiger partial charge in [0.15, 0.2) is 0 Å². The van der Waals surface area contributed by atoms with Gasteiger partial charge in [-0.05, 0) is 103 Å². The molecule has 0 bridgehead atoms. The summed E-state index contributed by atoms with van der Waals surface area (Å²) in [7, 11) is 0. The first kappa shape index (κ1) is 33.6. The Morgan fingerprint density at radius 3 is 2.26 bits per heavy atom. The minimum absolute atomic E-state index is 0.0899. The van der Waals surface area contributed by atoms with E-state index in [4.69, 9.17) is 10.6 Å². The highest BCUT2D eigenvalue weighted by atomic mass is 16.5. The molecule has 0 aromatic rings. The van der Waals surface area contributed by atoms with Crippen molar-refractivity contribution in [2.45, 2.75) is 125 Å². The summed E-state index contributed by atoms with van der Waals surface area (Å²) < 4.78 is 6.11. The smallest absolute Gasteiger partial charge is 0.235 e. The van der Waals surface area contributed by atoms with Crippen LogP contribution >= 0.6 is 0 Å². The molecule has 0 radical (unpaired) electrons. The standard InChI is InChI=1S/C29H57N3O3/c1-11-25(21(2)3)13-12-22(4)18-23(5)19-24(6)26(33)14-15-29(9,10)35-17-16-28(7,8)32-27(34)20-31-30/h22-23,25,31,33H,2,11-20,30H2,1,3-10H3,(H,32,34). The maximum absolute atomic E-state index is 11.8. The zero-order chi connectivity index (χ0) is 27.2. The maximum atomic E-state index is 11.8. The molecule has 3 atom stereocenters. The number of hydrazine groups is 1. The van der Waals surface area contributed by atoms with Crippen molar-refractivity contribution in [3.8, 4) is 0 Å². The Morgan fingerprint density at radius 1 is 1.09 bits per heavy atom. The van der Waals surface area contributed by atoms with E-state index in [1.54, 1.807) is 0 Å². The van der Waals surface area contributed by atoms with Gasteiger partial charge in [0.05, 0.1) is 17.9 Å². The van der Waals surface area contributed by atoms with Crippen LogP contribution in [0.5, 0.6) is 0 Å². The normalized spacial score (nSPS) is 15.8. The van der Waals surface area contributed by atoms with Gasteiger partial charge in [-0.1, -0.05) is 39.3 Å². The Morgan fingerprint density at radius 2 is 1.71 bits per heavy atom. The van der Waals surface area contributed by atoms with Crippen LogP contribution < -0.4 is 16.6 Å². The van der Waals surface area contributed by atoms with E-state index in [0.29, 0.717) is 43.0 Å². The molecule has 1 amide bonds. The second-order valence-corrected chi connectivity index (χ2v) is 12.1. The summed E-state index contributed by atoms with van der Waals surface area (Å²) in [5.41, 5.74) is 4.03. The second kappa shape index (κ2) is 16.4. The number of nitrogens with two attached hydrogens (primary N) is 1. The first-order chi connectivity index (χ1) is 16.1. The SMILES string of the molecule is C=C(C)C(CC)CCC(C)CC(C)CC(C)=C(O)CCC(C)(C)OCCC(C)(C)NC(=O)CNN. The van der Waals surface area contributed by atoms with E-state index in [-0.39, 0.29) is 23.6 Å². The van der Waals surface area contributed by atoms with Crippen LogP contribution in [-0.4, -0.2) is 35.3 Å². The lowest BCUT2D eigenvalue weighted by Gasteiger charge is -2.30. The maximum Gasteiger partial charge on any atom is 0.235 e. The van der Waals surface area contributed by atoms with Crippen LogP contribution in [0.1, 0.15) is 114 Å². The van der Waals surface area contributed by atoms with Gasteiger partial charge >= 0.3 is 0 Å². The van der Waals surface area contributed by atoms with E-state index in [2.05, 4.69) is 65.8 Å². The van der Waals surface area contributed by atoms with Gasteiger partial charge in [0.2, 0.25) is 5.91 Å². The van der Waals surface area contributed by atoms with E-state index in [1.807, 2.05) is 13.8 Å². The van der Waals surface area contributed by atoms with E-state index in [1.165, 1.54) is 31.3 Å². The van der Waals surface area contributed by atoms with Gasteiger partial charge in [-0.3, -0.25) is 16.1 Å². The molecular weight excluding hydrogens is 438 g/mol. The first-order valence-corrected chi connectivity index (χ1v) is 13.5. The molecule has 0 spiro atoms. The number of hydrogen-bond donors (Lipinski definition) is 4. The predicted octanol–water partition coefficient (Wildman–Crippen LogP) is 6.58. The van der Waals surface area contributed by atoms with Crippen molar-refractivity contribution < 1.29 is 14.6 Å². The van der Waals surface area contributed by atoms with E-state index >= 15 is 0 Å². The highest BCUT2D eigenvalue weighted by Gasteiger charge is 2.24. The first-order valence-electron chi connectivity index (χ1n) is 13.5. The molecular formula is C29H57N3O3. The van der Waals surface area contributed by atoms with Gasteiger partial charge < -0.3 is 15.2 Å². The summed E-state index contributed by atoms with van der Waals surface area (Å²) in [4.78, 5) is 11.8. The average Bonchev–Trinajstić information content (AvgIpc) is 2.71. The summed E-state index contributed by atoms with van der Waals surface area (Å²) in [6.45, 7) is 23.9. The third-order valence-corrected chi connectivity index (χ3v) is 7.07. The van der Waals surface area contributed by atoms with Crippen molar-refractivity contribution in [2.24, 2.45) is 23.6 Å². The number of allylic oxidation sites excluding steroid dienone is 3. The van der Waals surface area contributed by atoms with Crippen molar-refractivity contribution in [1.29, 1.82) is 0 Å². The van der Waals surface area contributed by atoms with Gasteiger partial charge in [-0.25, -0.2) is 0 Å². The van der Waals surface area contributed by atoms with Crippen molar-refractivity contribution in [3.63, 3.8) is 0 Å². The third kappa shape index (κ3) is 16.1. The van der Waals surface area contributed by atoms with Gasteiger partial charge in [-0.15, -0.1) is 0 Å². The number of ether oxygens (including phenoxy) is 1. The molecule has 0 rings (SSSR count). The summed E-state index contributed by atoms with van der Waals surface area (Å²) >= 11 is 0. The van der Waals surface area contributed by atoms with Crippen LogP contribution in [0.25, 0.3) is 0 Å². The van der Waals surface area contributed by atoms with Crippen LogP contribution in [0.15, 0.2) is 23.5 Å².